The molecule has 1 unspecified atom stereocenters. The fourth-order valence-corrected chi connectivity index (χ4v) is 0.885. The van der Waals surface area contributed by atoms with Gasteiger partial charge in [0.2, 0.25) is 0 Å². The Balaban J connectivity index is 2.70. The molecule has 1 aliphatic carbocycles. The van der Waals surface area contributed by atoms with Crippen molar-refractivity contribution in [3.8, 4) is 0 Å². The molecule has 1 atom stereocenters. The smallest absolute Gasteiger partial charge is 0.161 e. The summed E-state index contributed by atoms with van der Waals surface area (Å²) in [5.74, 6) is 0.401. The van der Waals surface area contributed by atoms with E-state index in [0.717, 1.165) is 6.42 Å². The molecule has 0 aromatic carbocycles. The third-order valence-corrected chi connectivity index (χ3v) is 1.63. The van der Waals surface area contributed by atoms with Crippen LogP contribution in [0.15, 0.2) is 11.8 Å². The van der Waals surface area contributed by atoms with Crippen LogP contribution in [-0.2, 0) is 4.79 Å². The van der Waals surface area contributed by atoms with Crippen LogP contribution in [-0.4, -0.2) is 10.9 Å². The zero-order valence-electron chi connectivity index (χ0n) is 5.42. The lowest BCUT2D eigenvalue weighted by atomic mass is 9.94. The topological polar surface area (TPSA) is 37.3 Å². The SMILES string of the molecule is CC1CCC(O)=CC1=O. The Hall–Kier alpha value is -0.790. The van der Waals surface area contributed by atoms with E-state index in [9.17, 15) is 4.79 Å². The molecule has 0 aromatic heterocycles. The molecule has 9 heavy (non-hydrogen) atoms. The minimum absolute atomic E-state index is 0.0544. The first-order valence-electron chi connectivity index (χ1n) is 3.13. The summed E-state index contributed by atoms with van der Waals surface area (Å²) in [4.78, 5) is 10.8. The van der Waals surface area contributed by atoms with Crippen LogP contribution < -0.4 is 0 Å². The third-order valence-electron chi connectivity index (χ3n) is 1.63. The average Bonchev–Trinajstić information content (AvgIpc) is 1.80. The Morgan fingerprint density at radius 1 is 1.78 bits per heavy atom. The molecule has 0 spiro atoms. The van der Waals surface area contributed by atoms with Gasteiger partial charge >= 0.3 is 0 Å². The van der Waals surface area contributed by atoms with E-state index in [1.165, 1.54) is 6.08 Å². The third kappa shape index (κ3) is 1.31. The van der Waals surface area contributed by atoms with Crippen molar-refractivity contribution in [2.45, 2.75) is 19.8 Å². The number of rotatable bonds is 0. The van der Waals surface area contributed by atoms with Gasteiger partial charge in [-0.1, -0.05) is 6.92 Å². The first-order valence-corrected chi connectivity index (χ1v) is 3.13. The van der Waals surface area contributed by atoms with E-state index < -0.39 is 0 Å². The highest BCUT2D eigenvalue weighted by atomic mass is 16.3. The number of aliphatic hydroxyl groups is 1. The summed E-state index contributed by atoms with van der Waals surface area (Å²) in [6.07, 6.45) is 2.78. The summed E-state index contributed by atoms with van der Waals surface area (Å²) in [5, 5.41) is 8.84. The molecule has 50 valence electrons. The largest absolute Gasteiger partial charge is 0.512 e. The van der Waals surface area contributed by atoms with E-state index in [1.807, 2.05) is 6.92 Å². The van der Waals surface area contributed by atoms with Crippen LogP contribution in [0.4, 0.5) is 0 Å². The highest BCUT2D eigenvalue weighted by Crippen LogP contribution is 2.17. The summed E-state index contributed by atoms with van der Waals surface area (Å²) >= 11 is 0. The Bertz CT molecular complexity index is 158. The molecule has 1 aliphatic rings. The molecule has 0 radical (unpaired) electrons. The Kier molecular flexibility index (Phi) is 1.56. The monoisotopic (exact) mass is 126 g/mol. The maximum absolute atomic E-state index is 10.8. The van der Waals surface area contributed by atoms with E-state index >= 15 is 0 Å². The van der Waals surface area contributed by atoms with Gasteiger partial charge in [-0.05, 0) is 6.42 Å². The zero-order chi connectivity index (χ0) is 6.85. The van der Waals surface area contributed by atoms with E-state index in [2.05, 4.69) is 0 Å². The van der Waals surface area contributed by atoms with Gasteiger partial charge in [0.15, 0.2) is 5.78 Å². The van der Waals surface area contributed by atoms with Crippen molar-refractivity contribution in [2.24, 2.45) is 5.92 Å². The van der Waals surface area contributed by atoms with Gasteiger partial charge < -0.3 is 5.11 Å². The van der Waals surface area contributed by atoms with Crippen molar-refractivity contribution in [3.63, 3.8) is 0 Å². The predicted octanol–water partition coefficient (Wildman–Crippen LogP) is 1.43. The quantitative estimate of drug-likeness (QED) is 0.533. The minimum Gasteiger partial charge on any atom is -0.512 e. The molecule has 0 amide bonds. The average molecular weight is 126 g/mol. The fourth-order valence-electron chi connectivity index (χ4n) is 0.885. The number of hydrogen-bond donors (Lipinski definition) is 1. The molecule has 1 rings (SSSR count). The molecule has 2 heteroatoms. The van der Waals surface area contributed by atoms with Gasteiger partial charge in [0.05, 0.1) is 5.76 Å². The maximum atomic E-state index is 10.8. The van der Waals surface area contributed by atoms with Crippen molar-refractivity contribution in [1.29, 1.82) is 0 Å². The molecular weight excluding hydrogens is 116 g/mol. The van der Waals surface area contributed by atoms with Gasteiger partial charge in [-0.15, -0.1) is 0 Å². The van der Waals surface area contributed by atoms with Crippen molar-refractivity contribution < 1.29 is 9.90 Å². The highest BCUT2D eigenvalue weighted by Gasteiger charge is 2.16. The Morgan fingerprint density at radius 3 is 2.89 bits per heavy atom. The molecule has 0 saturated carbocycles. The Labute approximate surface area is 54.2 Å². The fraction of sp³-hybridized carbons (Fsp3) is 0.571. The number of allylic oxidation sites excluding steroid dienone is 2. The maximum Gasteiger partial charge on any atom is 0.161 e. The summed E-state index contributed by atoms with van der Waals surface area (Å²) < 4.78 is 0. The van der Waals surface area contributed by atoms with Crippen LogP contribution in [0.5, 0.6) is 0 Å². The van der Waals surface area contributed by atoms with Crippen LogP contribution in [0.3, 0.4) is 0 Å². The Morgan fingerprint density at radius 2 is 2.44 bits per heavy atom. The zero-order valence-corrected chi connectivity index (χ0v) is 5.42. The van der Waals surface area contributed by atoms with Crippen LogP contribution in [0, 0.1) is 5.92 Å². The van der Waals surface area contributed by atoms with Crippen LogP contribution >= 0.6 is 0 Å². The van der Waals surface area contributed by atoms with Gasteiger partial charge in [0.25, 0.3) is 0 Å². The van der Waals surface area contributed by atoms with Crippen molar-refractivity contribution in [1.82, 2.24) is 0 Å². The first-order chi connectivity index (χ1) is 4.20. The molecular formula is C7H10O2. The summed E-state index contributed by atoms with van der Waals surface area (Å²) in [6.45, 7) is 1.88. The highest BCUT2D eigenvalue weighted by molar-refractivity contribution is 5.92. The molecule has 0 saturated heterocycles. The molecule has 0 bridgehead atoms. The molecule has 1 N–H and O–H groups in total. The van der Waals surface area contributed by atoms with Crippen molar-refractivity contribution in [2.75, 3.05) is 0 Å². The summed E-state index contributed by atoms with van der Waals surface area (Å²) in [7, 11) is 0. The molecule has 0 fully saturated rings. The van der Waals surface area contributed by atoms with Crippen LogP contribution in [0.2, 0.25) is 0 Å². The van der Waals surface area contributed by atoms with Gasteiger partial charge in [0, 0.05) is 18.4 Å². The van der Waals surface area contributed by atoms with Gasteiger partial charge in [-0.25, -0.2) is 0 Å². The number of carbonyl (C=O) groups is 1. The van der Waals surface area contributed by atoms with E-state index in [1.54, 1.807) is 0 Å². The van der Waals surface area contributed by atoms with Crippen molar-refractivity contribution >= 4 is 5.78 Å². The van der Waals surface area contributed by atoms with E-state index in [0.29, 0.717) is 6.42 Å². The van der Waals surface area contributed by atoms with Crippen molar-refractivity contribution in [3.05, 3.63) is 11.8 Å². The van der Waals surface area contributed by atoms with Gasteiger partial charge in [-0.2, -0.15) is 0 Å². The number of ketones is 1. The lowest BCUT2D eigenvalue weighted by Crippen LogP contribution is -2.13. The molecule has 0 aromatic rings. The van der Waals surface area contributed by atoms with Crippen LogP contribution in [0.25, 0.3) is 0 Å². The minimum atomic E-state index is 0.0544. The number of hydrogen-bond acceptors (Lipinski definition) is 2. The van der Waals surface area contributed by atoms with E-state index in [-0.39, 0.29) is 17.5 Å². The van der Waals surface area contributed by atoms with Gasteiger partial charge in [0.1, 0.15) is 0 Å². The number of aliphatic hydroxyl groups excluding tert-OH is 1. The first kappa shape index (κ1) is 6.33. The van der Waals surface area contributed by atoms with E-state index in [4.69, 9.17) is 5.11 Å². The lowest BCUT2D eigenvalue weighted by Gasteiger charge is -2.12. The standard InChI is InChI=1S/C7H10O2/c1-5-2-3-6(8)4-7(5)9/h4-5,8H,2-3H2,1H3. The van der Waals surface area contributed by atoms with Crippen LogP contribution in [0.1, 0.15) is 19.8 Å². The predicted molar refractivity (Wildman–Crippen MR) is 34.1 cm³/mol. The lowest BCUT2D eigenvalue weighted by molar-refractivity contribution is -0.118. The normalized spacial score (nSPS) is 27.9. The number of carbonyl (C=O) groups excluding carboxylic acids is 1. The second-order valence-electron chi connectivity index (χ2n) is 2.48. The summed E-state index contributed by atoms with van der Waals surface area (Å²) in [6, 6.07) is 0. The second kappa shape index (κ2) is 2.21. The van der Waals surface area contributed by atoms with Gasteiger partial charge in [-0.3, -0.25) is 4.79 Å². The summed E-state index contributed by atoms with van der Waals surface area (Å²) in [5.41, 5.74) is 0. The second-order valence-corrected chi connectivity index (χ2v) is 2.48. The molecule has 0 aliphatic heterocycles. The molecule has 0 heterocycles. The molecule has 2 nitrogen and oxygen atoms in total.